The molecule has 1 fully saturated rings. The lowest BCUT2D eigenvalue weighted by Gasteiger charge is -2.23. The number of fused-ring (bicyclic) bond motifs is 1. The molecule has 1 amide bonds. The maximum absolute atomic E-state index is 14.1. The molecule has 0 bridgehead atoms. The molecular weight excluding hydrogens is 429 g/mol. The number of amides is 1. The van der Waals surface area contributed by atoms with Crippen LogP contribution in [0.5, 0.6) is 0 Å². The Kier molecular flexibility index (Phi) is 6.22. The van der Waals surface area contributed by atoms with E-state index in [1.54, 1.807) is 23.0 Å². The van der Waals surface area contributed by atoms with Crippen LogP contribution in [-0.4, -0.2) is 68.1 Å². The molecular formula is C22H24FN7O3. The molecule has 10 nitrogen and oxygen atoms in total. The first kappa shape index (κ1) is 22.6. The zero-order valence-electron chi connectivity index (χ0n) is 18.2. The number of aromatic nitrogens is 4. The third kappa shape index (κ3) is 4.92. The highest BCUT2D eigenvalue weighted by atomic mass is 19.1. The zero-order chi connectivity index (χ0) is 23.6. The predicted octanol–water partition coefficient (Wildman–Crippen LogP) is 1.73. The SMILES string of the molecule is CC(C)(O)[C@H](F)CNC(=O)c1cnc(-n2cnc3cc(C#N)cnc32)cc1N[C@@H]1CCOC1. The summed E-state index contributed by atoms with van der Waals surface area (Å²) in [6.07, 6.45) is 3.54. The summed E-state index contributed by atoms with van der Waals surface area (Å²) in [6, 6.07) is 5.36. The van der Waals surface area contributed by atoms with E-state index in [-0.39, 0.29) is 18.2 Å². The molecule has 3 N–H and O–H groups in total. The summed E-state index contributed by atoms with van der Waals surface area (Å²) in [5.41, 5.74) is 0.614. The minimum absolute atomic E-state index is 0.00735. The number of anilines is 1. The molecule has 2 atom stereocenters. The summed E-state index contributed by atoms with van der Waals surface area (Å²) in [7, 11) is 0. The van der Waals surface area contributed by atoms with Gasteiger partial charge in [-0.25, -0.2) is 19.3 Å². The maximum Gasteiger partial charge on any atom is 0.255 e. The molecule has 33 heavy (non-hydrogen) atoms. The molecule has 0 aromatic carbocycles. The van der Waals surface area contributed by atoms with Gasteiger partial charge in [-0.2, -0.15) is 5.26 Å². The Hall–Kier alpha value is -3.62. The number of nitriles is 1. The van der Waals surface area contributed by atoms with E-state index in [2.05, 4.69) is 25.6 Å². The second-order valence-corrected chi connectivity index (χ2v) is 8.42. The molecule has 0 spiro atoms. The molecule has 3 aromatic heterocycles. The van der Waals surface area contributed by atoms with Crippen molar-refractivity contribution < 1.29 is 19.0 Å². The monoisotopic (exact) mass is 453 g/mol. The molecule has 11 heteroatoms. The van der Waals surface area contributed by atoms with Crippen LogP contribution in [0.4, 0.5) is 10.1 Å². The molecule has 1 aliphatic heterocycles. The van der Waals surface area contributed by atoms with Crippen LogP contribution < -0.4 is 10.6 Å². The van der Waals surface area contributed by atoms with Crippen molar-refractivity contribution >= 4 is 22.8 Å². The minimum atomic E-state index is -1.63. The van der Waals surface area contributed by atoms with Gasteiger partial charge in [0.05, 0.1) is 41.6 Å². The van der Waals surface area contributed by atoms with Crippen molar-refractivity contribution in [2.75, 3.05) is 25.1 Å². The number of nitrogens with zero attached hydrogens (tertiary/aromatic N) is 5. The number of hydrogen-bond donors (Lipinski definition) is 3. The summed E-state index contributed by atoms with van der Waals surface area (Å²) in [6.45, 7) is 3.46. The number of carbonyl (C=O) groups excluding carboxylic acids is 1. The molecule has 0 radical (unpaired) electrons. The second kappa shape index (κ2) is 9.09. The van der Waals surface area contributed by atoms with Crippen molar-refractivity contribution in [2.24, 2.45) is 0 Å². The number of ether oxygens (including phenoxy) is 1. The lowest BCUT2D eigenvalue weighted by atomic mass is 10.0. The van der Waals surface area contributed by atoms with Crippen molar-refractivity contribution in [2.45, 2.75) is 38.1 Å². The number of nitrogens with one attached hydrogen (secondary N) is 2. The van der Waals surface area contributed by atoms with Gasteiger partial charge in [-0.1, -0.05) is 0 Å². The third-order valence-corrected chi connectivity index (χ3v) is 5.40. The van der Waals surface area contributed by atoms with Gasteiger partial charge in [-0.3, -0.25) is 9.36 Å². The first-order chi connectivity index (χ1) is 15.8. The Morgan fingerprint density at radius 3 is 2.91 bits per heavy atom. The van der Waals surface area contributed by atoms with Gasteiger partial charge in [0.25, 0.3) is 5.91 Å². The van der Waals surface area contributed by atoms with E-state index >= 15 is 0 Å². The van der Waals surface area contributed by atoms with Crippen LogP contribution in [0.3, 0.4) is 0 Å². The highest BCUT2D eigenvalue weighted by Gasteiger charge is 2.28. The van der Waals surface area contributed by atoms with E-state index in [1.807, 2.05) is 6.07 Å². The van der Waals surface area contributed by atoms with Gasteiger partial charge in [-0.15, -0.1) is 0 Å². The quantitative estimate of drug-likeness (QED) is 0.492. The normalized spacial score (nSPS) is 17.0. The van der Waals surface area contributed by atoms with E-state index in [0.717, 1.165) is 6.42 Å². The maximum atomic E-state index is 14.1. The number of aliphatic hydroxyl groups is 1. The number of pyridine rings is 2. The summed E-state index contributed by atoms with van der Waals surface area (Å²) < 4.78 is 21.2. The Morgan fingerprint density at radius 1 is 1.39 bits per heavy atom. The van der Waals surface area contributed by atoms with Gasteiger partial charge in [0.2, 0.25) is 0 Å². The predicted molar refractivity (Wildman–Crippen MR) is 118 cm³/mol. The van der Waals surface area contributed by atoms with Crippen LogP contribution >= 0.6 is 0 Å². The van der Waals surface area contributed by atoms with E-state index in [1.165, 1.54) is 26.2 Å². The summed E-state index contributed by atoms with van der Waals surface area (Å²) in [5, 5.41) is 24.7. The average Bonchev–Trinajstić information content (AvgIpc) is 3.45. The van der Waals surface area contributed by atoms with E-state index in [4.69, 9.17) is 10.00 Å². The first-order valence-electron chi connectivity index (χ1n) is 10.5. The molecule has 0 aliphatic carbocycles. The van der Waals surface area contributed by atoms with Gasteiger partial charge in [0.1, 0.15) is 29.9 Å². The lowest BCUT2D eigenvalue weighted by molar-refractivity contribution is -0.00177. The lowest BCUT2D eigenvalue weighted by Crippen LogP contribution is -2.42. The molecule has 3 aromatic rings. The molecule has 4 rings (SSSR count). The Balaban J connectivity index is 1.65. The topological polar surface area (TPSA) is 138 Å². The largest absolute Gasteiger partial charge is 0.387 e. The van der Waals surface area contributed by atoms with Crippen LogP contribution in [0.25, 0.3) is 17.0 Å². The van der Waals surface area contributed by atoms with Crippen LogP contribution in [0.1, 0.15) is 36.2 Å². The summed E-state index contributed by atoms with van der Waals surface area (Å²) in [5.74, 6) is -0.0535. The van der Waals surface area contributed by atoms with Crippen LogP contribution in [-0.2, 0) is 4.74 Å². The number of alkyl halides is 1. The van der Waals surface area contributed by atoms with E-state index in [0.29, 0.717) is 41.4 Å². The standard InChI is InChI=1S/C22H24FN7O3/c1-22(2,32)18(23)10-27-21(31)15-9-25-19(6-16(15)29-14-3-4-33-11-14)30-12-28-17-5-13(7-24)8-26-20(17)30/h5-6,8-9,12,14,18,32H,3-4,10-11H2,1-2H3,(H,25,29)(H,27,31)/t14-,18-/m1/s1. The molecule has 4 heterocycles. The van der Waals surface area contributed by atoms with Crippen LogP contribution in [0.2, 0.25) is 0 Å². The number of imidazole rings is 1. The van der Waals surface area contributed by atoms with E-state index < -0.39 is 17.7 Å². The van der Waals surface area contributed by atoms with Crippen molar-refractivity contribution in [1.82, 2.24) is 24.8 Å². The summed E-state index contributed by atoms with van der Waals surface area (Å²) >= 11 is 0. The van der Waals surface area contributed by atoms with Gasteiger partial charge in [-0.05, 0) is 26.3 Å². The van der Waals surface area contributed by atoms with Crippen LogP contribution in [0, 0.1) is 11.3 Å². The molecule has 1 saturated heterocycles. The number of carbonyl (C=O) groups is 1. The fourth-order valence-electron chi connectivity index (χ4n) is 3.40. The van der Waals surface area contributed by atoms with Gasteiger partial charge < -0.3 is 20.5 Å². The van der Waals surface area contributed by atoms with Crippen molar-refractivity contribution in [3.63, 3.8) is 0 Å². The molecule has 0 unspecified atom stereocenters. The van der Waals surface area contributed by atoms with Crippen molar-refractivity contribution in [3.8, 4) is 11.9 Å². The van der Waals surface area contributed by atoms with Crippen molar-refractivity contribution in [1.29, 1.82) is 5.26 Å². The fraction of sp³-hybridized carbons (Fsp3) is 0.409. The number of halogens is 1. The number of rotatable bonds is 7. The fourth-order valence-corrected chi connectivity index (χ4v) is 3.40. The Labute approximate surface area is 189 Å². The first-order valence-corrected chi connectivity index (χ1v) is 10.5. The Bertz CT molecular complexity index is 1210. The van der Waals surface area contributed by atoms with Crippen LogP contribution in [0.15, 0.2) is 30.9 Å². The highest BCUT2D eigenvalue weighted by molar-refractivity contribution is 5.99. The highest BCUT2D eigenvalue weighted by Crippen LogP contribution is 2.24. The smallest absolute Gasteiger partial charge is 0.255 e. The van der Waals surface area contributed by atoms with Gasteiger partial charge in [0.15, 0.2) is 5.65 Å². The molecule has 172 valence electrons. The van der Waals surface area contributed by atoms with E-state index in [9.17, 15) is 14.3 Å². The second-order valence-electron chi connectivity index (χ2n) is 8.42. The summed E-state index contributed by atoms with van der Waals surface area (Å²) in [4.78, 5) is 25.8. The zero-order valence-corrected chi connectivity index (χ0v) is 18.2. The molecule has 0 saturated carbocycles. The molecule has 1 aliphatic rings. The number of hydrogen-bond acceptors (Lipinski definition) is 8. The Morgan fingerprint density at radius 2 is 2.21 bits per heavy atom. The third-order valence-electron chi connectivity index (χ3n) is 5.40. The van der Waals surface area contributed by atoms with Gasteiger partial charge in [0, 0.05) is 25.1 Å². The average molecular weight is 453 g/mol. The van der Waals surface area contributed by atoms with Gasteiger partial charge >= 0.3 is 0 Å². The minimum Gasteiger partial charge on any atom is -0.387 e. The van der Waals surface area contributed by atoms with Crippen molar-refractivity contribution in [3.05, 3.63) is 42.0 Å².